The van der Waals surface area contributed by atoms with Gasteiger partial charge >= 0.3 is 6.61 Å². The predicted octanol–water partition coefficient (Wildman–Crippen LogP) is 2.38. The number of benzene rings is 1. The Balaban J connectivity index is 2.13. The Hall–Kier alpha value is -2.05. The first-order chi connectivity index (χ1) is 10.1. The molecule has 1 aromatic rings. The summed E-state index contributed by atoms with van der Waals surface area (Å²) in [4.78, 5) is 11.9. The highest BCUT2D eigenvalue weighted by molar-refractivity contribution is 5.84. The maximum absolute atomic E-state index is 12.4. The van der Waals surface area contributed by atoms with Crippen LogP contribution in [0.2, 0.25) is 0 Å². The Morgan fingerprint density at radius 1 is 1.33 bits per heavy atom. The van der Waals surface area contributed by atoms with Gasteiger partial charge in [0, 0.05) is 18.3 Å². The number of hydrogen-bond donors (Lipinski definition) is 2. The Bertz CT molecular complexity index is 497. The number of rotatable bonds is 5. The summed E-state index contributed by atoms with van der Waals surface area (Å²) < 4.78 is 34.1. The number of ether oxygens (including phenoxy) is 2. The minimum atomic E-state index is -2.93. The summed E-state index contributed by atoms with van der Waals surface area (Å²) in [5, 5.41) is 5.85. The standard InChI is InChI=1S/C14H18F2N2O3/c1-20-11-6-5-9(8-12(11)21-14(15)16)18-10-4-2-3-7-17-13(10)19/h5-6,8,10,14,18H,2-4,7H2,1H3,(H,17,19). The molecule has 1 fully saturated rings. The van der Waals surface area contributed by atoms with Gasteiger partial charge in [0.25, 0.3) is 0 Å². The summed E-state index contributed by atoms with van der Waals surface area (Å²) in [6.07, 6.45) is 2.56. The third-order valence-electron chi connectivity index (χ3n) is 3.26. The molecule has 0 aromatic heterocycles. The van der Waals surface area contributed by atoms with Crippen LogP contribution in [-0.4, -0.2) is 32.2 Å². The maximum atomic E-state index is 12.4. The van der Waals surface area contributed by atoms with E-state index in [0.29, 0.717) is 18.7 Å². The van der Waals surface area contributed by atoms with E-state index in [1.807, 2.05) is 0 Å². The fourth-order valence-electron chi connectivity index (χ4n) is 2.23. The molecule has 0 saturated carbocycles. The van der Waals surface area contributed by atoms with E-state index in [4.69, 9.17) is 4.74 Å². The number of anilines is 1. The van der Waals surface area contributed by atoms with E-state index < -0.39 is 6.61 Å². The summed E-state index contributed by atoms with van der Waals surface area (Å²) in [6.45, 7) is -2.27. The molecule has 5 nitrogen and oxygen atoms in total. The van der Waals surface area contributed by atoms with Crippen LogP contribution >= 0.6 is 0 Å². The highest BCUT2D eigenvalue weighted by Crippen LogP contribution is 2.32. The quantitative estimate of drug-likeness (QED) is 0.876. The van der Waals surface area contributed by atoms with Crippen LogP contribution in [0.1, 0.15) is 19.3 Å². The first-order valence-corrected chi connectivity index (χ1v) is 6.77. The topological polar surface area (TPSA) is 59.6 Å². The van der Waals surface area contributed by atoms with Crippen LogP contribution in [0.4, 0.5) is 14.5 Å². The van der Waals surface area contributed by atoms with Crippen molar-refractivity contribution in [2.24, 2.45) is 0 Å². The highest BCUT2D eigenvalue weighted by Gasteiger charge is 2.21. The van der Waals surface area contributed by atoms with Crippen molar-refractivity contribution in [3.05, 3.63) is 18.2 Å². The van der Waals surface area contributed by atoms with Gasteiger partial charge in [0.1, 0.15) is 6.04 Å². The summed E-state index contributed by atoms with van der Waals surface area (Å²) in [7, 11) is 1.37. The molecular weight excluding hydrogens is 282 g/mol. The van der Waals surface area contributed by atoms with Crippen LogP contribution in [0.5, 0.6) is 11.5 Å². The van der Waals surface area contributed by atoms with Crippen molar-refractivity contribution < 1.29 is 23.0 Å². The lowest BCUT2D eigenvalue weighted by Gasteiger charge is -2.18. The Morgan fingerprint density at radius 2 is 2.14 bits per heavy atom. The summed E-state index contributed by atoms with van der Waals surface area (Å²) in [5.74, 6) is 0.0670. The minimum absolute atomic E-state index is 0.0634. The Kier molecular flexibility index (Phi) is 5.19. The third-order valence-corrected chi connectivity index (χ3v) is 3.26. The lowest BCUT2D eigenvalue weighted by atomic mass is 10.1. The molecule has 116 valence electrons. The smallest absolute Gasteiger partial charge is 0.387 e. The first kappa shape index (κ1) is 15.3. The van der Waals surface area contributed by atoms with E-state index >= 15 is 0 Å². The van der Waals surface area contributed by atoms with E-state index in [1.54, 1.807) is 6.07 Å². The molecule has 1 atom stereocenters. The van der Waals surface area contributed by atoms with Crippen molar-refractivity contribution in [3.8, 4) is 11.5 Å². The Morgan fingerprint density at radius 3 is 2.86 bits per heavy atom. The number of nitrogens with one attached hydrogen (secondary N) is 2. The molecule has 21 heavy (non-hydrogen) atoms. The lowest BCUT2D eigenvalue weighted by Crippen LogP contribution is -2.37. The van der Waals surface area contributed by atoms with Crippen LogP contribution < -0.4 is 20.1 Å². The van der Waals surface area contributed by atoms with Crippen LogP contribution in [0.3, 0.4) is 0 Å². The number of methoxy groups -OCH3 is 1. The summed E-state index contributed by atoms with van der Waals surface area (Å²) in [6, 6.07) is 4.22. The molecule has 1 aromatic carbocycles. The number of amides is 1. The van der Waals surface area contributed by atoms with Crippen LogP contribution in [0.15, 0.2) is 18.2 Å². The average Bonchev–Trinajstić information content (AvgIpc) is 2.64. The van der Waals surface area contributed by atoms with Crippen LogP contribution in [-0.2, 0) is 4.79 Å². The average molecular weight is 300 g/mol. The number of alkyl halides is 2. The first-order valence-electron chi connectivity index (χ1n) is 6.77. The molecule has 0 aliphatic carbocycles. The third kappa shape index (κ3) is 4.21. The summed E-state index contributed by atoms with van der Waals surface area (Å²) in [5.41, 5.74) is 0.536. The Labute approximate surface area is 121 Å². The SMILES string of the molecule is COc1ccc(NC2CCCCNC2=O)cc1OC(F)F. The second-order valence-corrected chi connectivity index (χ2v) is 4.73. The van der Waals surface area contributed by atoms with Gasteiger partial charge in [-0.3, -0.25) is 4.79 Å². The van der Waals surface area contributed by atoms with Gasteiger partial charge < -0.3 is 20.1 Å². The van der Waals surface area contributed by atoms with E-state index in [1.165, 1.54) is 19.2 Å². The van der Waals surface area contributed by atoms with E-state index in [2.05, 4.69) is 15.4 Å². The van der Waals surface area contributed by atoms with Gasteiger partial charge in [-0.1, -0.05) is 0 Å². The van der Waals surface area contributed by atoms with Crippen molar-refractivity contribution >= 4 is 11.6 Å². The fourth-order valence-corrected chi connectivity index (χ4v) is 2.23. The molecule has 2 N–H and O–H groups in total. The number of carbonyl (C=O) groups excluding carboxylic acids is 1. The van der Waals surface area contributed by atoms with Crippen molar-refractivity contribution in [2.45, 2.75) is 31.9 Å². The molecule has 0 spiro atoms. The molecule has 1 aliphatic rings. The zero-order valence-corrected chi connectivity index (χ0v) is 11.7. The molecule has 1 amide bonds. The minimum Gasteiger partial charge on any atom is -0.493 e. The van der Waals surface area contributed by atoms with Crippen molar-refractivity contribution in [2.75, 3.05) is 19.0 Å². The second kappa shape index (κ2) is 7.10. The van der Waals surface area contributed by atoms with Crippen LogP contribution in [0.25, 0.3) is 0 Å². The van der Waals surface area contributed by atoms with Crippen LogP contribution in [0, 0.1) is 0 Å². The predicted molar refractivity (Wildman–Crippen MR) is 73.9 cm³/mol. The molecule has 7 heteroatoms. The van der Waals surface area contributed by atoms with Gasteiger partial charge in [-0.15, -0.1) is 0 Å². The van der Waals surface area contributed by atoms with Gasteiger partial charge in [-0.05, 0) is 31.4 Å². The highest BCUT2D eigenvalue weighted by atomic mass is 19.3. The van der Waals surface area contributed by atoms with Crippen molar-refractivity contribution in [1.29, 1.82) is 0 Å². The monoisotopic (exact) mass is 300 g/mol. The zero-order valence-electron chi connectivity index (χ0n) is 11.7. The molecule has 0 radical (unpaired) electrons. The second-order valence-electron chi connectivity index (χ2n) is 4.73. The normalized spacial score (nSPS) is 18.9. The van der Waals surface area contributed by atoms with Gasteiger partial charge in [0.2, 0.25) is 5.91 Å². The van der Waals surface area contributed by atoms with Gasteiger partial charge in [-0.2, -0.15) is 8.78 Å². The number of carbonyl (C=O) groups is 1. The molecule has 1 unspecified atom stereocenters. The van der Waals surface area contributed by atoms with E-state index in [0.717, 1.165) is 12.8 Å². The molecule has 1 saturated heterocycles. The number of hydrogen-bond acceptors (Lipinski definition) is 4. The van der Waals surface area contributed by atoms with Gasteiger partial charge in [0.05, 0.1) is 7.11 Å². The fraction of sp³-hybridized carbons (Fsp3) is 0.500. The van der Waals surface area contributed by atoms with Crippen molar-refractivity contribution in [3.63, 3.8) is 0 Å². The molecule has 1 heterocycles. The largest absolute Gasteiger partial charge is 0.493 e. The van der Waals surface area contributed by atoms with Gasteiger partial charge in [0.15, 0.2) is 11.5 Å². The zero-order chi connectivity index (χ0) is 15.2. The van der Waals surface area contributed by atoms with Gasteiger partial charge in [-0.25, -0.2) is 0 Å². The maximum Gasteiger partial charge on any atom is 0.387 e. The van der Waals surface area contributed by atoms with E-state index in [9.17, 15) is 13.6 Å². The lowest BCUT2D eigenvalue weighted by molar-refractivity contribution is -0.121. The van der Waals surface area contributed by atoms with Crippen molar-refractivity contribution in [1.82, 2.24) is 5.32 Å². The summed E-state index contributed by atoms with van der Waals surface area (Å²) >= 11 is 0. The molecule has 2 rings (SSSR count). The molecular formula is C14H18F2N2O3. The van der Waals surface area contributed by atoms with E-state index in [-0.39, 0.29) is 23.4 Å². The number of halogens is 2. The molecule has 0 bridgehead atoms. The molecule has 1 aliphatic heterocycles.